The van der Waals surface area contributed by atoms with Crippen LogP contribution in [0.1, 0.15) is 37.7 Å². The summed E-state index contributed by atoms with van der Waals surface area (Å²) in [6.07, 6.45) is 5.00. The highest BCUT2D eigenvalue weighted by molar-refractivity contribution is 5.82. The van der Waals surface area contributed by atoms with E-state index in [4.69, 9.17) is 4.74 Å². The van der Waals surface area contributed by atoms with Gasteiger partial charge in [-0.2, -0.15) is 0 Å². The smallest absolute Gasteiger partial charge is 0.251 e. The van der Waals surface area contributed by atoms with E-state index in [9.17, 15) is 9.59 Å². The number of hydrogen-bond acceptors (Lipinski definition) is 3. The Morgan fingerprint density at radius 1 is 1.12 bits per heavy atom. The van der Waals surface area contributed by atoms with Crippen molar-refractivity contribution in [3.05, 3.63) is 35.9 Å². The first-order valence-corrected chi connectivity index (χ1v) is 9.46. The summed E-state index contributed by atoms with van der Waals surface area (Å²) in [5, 5.41) is 3.05. The molecule has 0 aromatic heterocycles. The second-order valence-corrected chi connectivity index (χ2v) is 6.98. The molecule has 25 heavy (non-hydrogen) atoms. The molecule has 0 saturated carbocycles. The Labute approximate surface area is 149 Å². The van der Waals surface area contributed by atoms with Gasteiger partial charge in [0.1, 0.15) is 6.10 Å². The van der Waals surface area contributed by atoms with Gasteiger partial charge in [-0.15, -0.1) is 0 Å². The molecule has 136 valence electrons. The van der Waals surface area contributed by atoms with E-state index in [1.54, 1.807) is 0 Å². The molecule has 5 heteroatoms. The standard InChI is InChI=1S/C20H28N2O3/c23-19(21-12-4-8-16-6-2-1-3-7-16)17-10-13-22(14-11-17)20(24)18-9-5-15-25-18/h1-3,6-7,17-18H,4-5,8-15H2,(H,21,23). The second-order valence-electron chi connectivity index (χ2n) is 6.98. The maximum Gasteiger partial charge on any atom is 0.251 e. The van der Waals surface area contributed by atoms with Gasteiger partial charge in [-0.05, 0) is 44.1 Å². The van der Waals surface area contributed by atoms with Crippen molar-refractivity contribution < 1.29 is 14.3 Å². The summed E-state index contributed by atoms with van der Waals surface area (Å²) in [6.45, 7) is 2.74. The Bertz CT molecular complexity index is 562. The number of nitrogens with zero attached hydrogens (tertiary/aromatic N) is 1. The Hall–Kier alpha value is -1.88. The third kappa shape index (κ3) is 5.05. The van der Waals surface area contributed by atoms with E-state index in [0.717, 1.165) is 38.5 Å². The Morgan fingerprint density at radius 2 is 1.88 bits per heavy atom. The summed E-state index contributed by atoms with van der Waals surface area (Å²) in [5.41, 5.74) is 1.30. The third-order valence-electron chi connectivity index (χ3n) is 5.17. The van der Waals surface area contributed by atoms with Crippen molar-refractivity contribution in [1.82, 2.24) is 10.2 Å². The number of carbonyl (C=O) groups is 2. The summed E-state index contributed by atoms with van der Waals surface area (Å²) in [6, 6.07) is 10.3. The van der Waals surface area contributed by atoms with E-state index in [-0.39, 0.29) is 23.8 Å². The lowest BCUT2D eigenvalue weighted by Crippen LogP contribution is -2.46. The van der Waals surface area contributed by atoms with Crippen LogP contribution in [-0.2, 0) is 20.7 Å². The number of likely N-dealkylation sites (tertiary alicyclic amines) is 1. The van der Waals surface area contributed by atoms with Gasteiger partial charge in [-0.25, -0.2) is 0 Å². The van der Waals surface area contributed by atoms with Gasteiger partial charge in [0, 0.05) is 32.2 Å². The molecule has 2 saturated heterocycles. The summed E-state index contributed by atoms with van der Waals surface area (Å²) in [4.78, 5) is 26.5. The molecule has 1 unspecified atom stereocenters. The highest BCUT2D eigenvalue weighted by Gasteiger charge is 2.32. The molecule has 3 rings (SSSR count). The minimum Gasteiger partial charge on any atom is -0.368 e. The number of nitrogens with one attached hydrogen (secondary N) is 1. The quantitative estimate of drug-likeness (QED) is 0.805. The van der Waals surface area contributed by atoms with Crippen LogP contribution in [0.25, 0.3) is 0 Å². The van der Waals surface area contributed by atoms with E-state index < -0.39 is 0 Å². The lowest BCUT2D eigenvalue weighted by Gasteiger charge is -2.32. The summed E-state index contributed by atoms with van der Waals surface area (Å²) in [7, 11) is 0. The molecule has 1 N–H and O–H groups in total. The summed E-state index contributed by atoms with van der Waals surface area (Å²) in [5.74, 6) is 0.279. The predicted molar refractivity (Wildman–Crippen MR) is 96.1 cm³/mol. The Morgan fingerprint density at radius 3 is 2.56 bits per heavy atom. The fourth-order valence-electron chi connectivity index (χ4n) is 3.63. The van der Waals surface area contributed by atoms with Crippen LogP contribution < -0.4 is 5.32 Å². The minimum atomic E-state index is -0.247. The molecule has 2 aliphatic heterocycles. The van der Waals surface area contributed by atoms with Gasteiger partial charge in [0.25, 0.3) is 5.91 Å². The first-order valence-electron chi connectivity index (χ1n) is 9.46. The molecule has 0 aliphatic carbocycles. The molecular weight excluding hydrogens is 316 g/mol. The first-order chi connectivity index (χ1) is 12.2. The summed E-state index contributed by atoms with van der Waals surface area (Å²) < 4.78 is 5.47. The monoisotopic (exact) mass is 344 g/mol. The highest BCUT2D eigenvalue weighted by atomic mass is 16.5. The van der Waals surface area contributed by atoms with Crippen LogP contribution in [0, 0.1) is 5.92 Å². The zero-order valence-electron chi connectivity index (χ0n) is 14.8. The molecule has 0 spiro atoms. The van der Waals surface area contributed by atoms with Crippen LogP contribution in [-0.4, -0.2) is 49.1 Å². The van der Waals surface area contributed by atoms with Crippen LogP contribution in [0.15, 0.2) is 30.3 Å². The number of hydrogen-bond donors (Lipinski definition) is 1. The van der Waals surface area contributed by atoms with Gasteiger partial charge in [-0.3, -0.25) is 9.59 Å². The predicted octanol–water partition coefficient (Wildman–Crippen LogP) is 2.15. The van der Waals surface area contributed by atoms with Crippen LogP contribution in [0.2, 0.25) is 0 Å². The Kier molecular flexibility index (Phi) is 6.45. The third-order valence-corrected chi connectivity index (χ3v) is 5.17. The fourth-order valence-corrected chi connectivity index (χ4v) is 3.63. The average molecular weight is 344 g/mol. The fraction of sp³-hybridized carbons (Fsp3) is 0.600. The molecule has 0 radical (unpaired) electrons. The van der Waals surface area contributed by atoms with Crippen molar-refractivity contribution >= 4 is 11.8 Å². The molecule has 2 amide bonds. The number of aryl methyl sites for hydroxylation is 1. The first kappa shape index (κ1) is 17.9. The van der Waals surface area contributed by atoms with Gasteiger partial charge in [0.15, 0.2) is 0 Å². The largest absolute Gasteiger partial charge is 0.368 e. The van der Waals surface area contributed by atoms with Gasteiger partial charge in [0.2, 0.25) is 5.91 Å². The molecule has 2 fully saturated rings. The van der Waals surface area contributed by atoms with Gasteiger partial charge in [-0.1, -0.05) is 30.3 Å². The van der Waals surface area contributed by atoms with Crippen molar-refractivity contribution in [3.8, 4) is 0 Å². The van der Waals surface area contributed by atoms with Gasteiger partial charge < -0.3 is 15.0 Å². The Balaban J connectivity index is 1.33. The topological polar surface area (TPSA) is 58.6 Å². The number of piperidine rings is 1. The lowest BCUT2D eigenvalue weighted by atomic mass is 9.95. The van der Waals surface area contributed by atoms with Crippen LogP contribution >= 0.6 is 0 Å². The van der Waals surface area contributed by atoms with Crippen molar-refractivity contribution in [2.24, 2.45) is 5.92 Å². The summed E-state index contributed by atoms with van der Waals surface area (Å²) >= 11 is 0. The van der Waals surface area contributed by atoms with E-state index in [2.05, 4.69) is 17.4 Å². The van der Waals surface area contributed by atoms with Crippen LogP contribution in [0.5, 0.6) is 0 Å². The average Bonchev–Trinajstić information content (AvgIpc) is 3.20. The zero-order chi connectivity index (χ0) is 17.5. The molecule has 2 heterocycles. The molecule has 5 nitrogen and oxygen atoms in total. The number of benzene rings is 1. The van der Waals surface area contributed by atoms with E-state index >= 15 is 0 Å². The molecule has 2 aliphatic rings. The van der Waals surface area contributed by atoms with Gasteiger partial charge in [0.05, 0.1) is 0 Å². The van der Waals surface area contributed by atoms with Gasteiger partial charge >= 0.3 is 0 Å². The van der Waals surface area contributed by atoms with Crippen molar-refractivity contribution in [2.75, 3.05) is 26.2 Å². The molecule has 0 bridgehead atoms. The highest BCUT2D eigenvalue weighted by Crippen LogP contribution is 2.21. The number of amides is 2. The molecular formula is C20H28N2O3. The lowest BCUT2D eigenvalue weighted by molar-refractivity contribution is -0.143. The zero-order valence-corrected chi connectivity index (χ0v) is 14.8. The van der Waals surface area contributed by atoms with E-state index in [0.29, 0.717) is 26.2 Å². The second kappa shape index (κ2) is 8.99. The SMILES string of the molecule is O=C(NCCCc1ccccc1)C1CCN(C(=O)C2CCCO2)CC1. The van der Waals surface area contributed by atoms with Crippen molar-refractivity contribution in [2.45, 2.75) is 44.6 Å². The van der Waals surface area contributed by atoms with Crippen molar-refractivity contribution in [1.29, 1.82) is 0 Å². The normalized spacial score (nSPS) is 21.3. The van der Waals surface area contributed by atoms with E-state index in [1.807, 2.05) is 23.1 Å². The minimum absolute atomic E-state index is 0.0327. The van der Waals surface area contributed by atoms with E-state index in [1.165, 1.54) is 5.56 Å². The van der Waals surface area contributed by atoms with Crippen LogP contribution in [0.4, 0.5) is 0 Å². The maximum atomic E-state index is 12.3. The molecule has 1 atom stereocenters. The number of carbonyl (C=O) groups excluding carboxylic acids is 2. The number of rotatable bonds is 6. The number of ether oxygens (including phenoxy) is 1. The van der Waals surface area contributed by atoms with Crippen LogP contribution in [0.3, 0.4) is 0 Å². The molecule has 1 aromatic rings. The molecule has 1 aromatic carbocycles. The maximum absolute atomic E-state index is 12.3. The van der Waals surface area contributed by atoms with Crippen molar-refractivity contribution in [3.63, 3.8) is 0 Å².